The van der Waals surface area contributed by atoms with E-state index in [4.69, 9.17) is 4.74 Å². The number of nitrogens with zero attached hydrogens (tertiary/aromatic N) is 2. The number of fused-ring (bicyclic) bond motifs is 7. The van der Waals surface area contributed by atoms with Gasteiger partial charge < -0.3 is 14.5 Å². The second kappa shape index (κ2) is 8.80. The number of hydrogen-bond acceptors (Lipinski definition) is 3. The zero-order valence-electron chi connectivity index (χ0n) is 24.8. The van der Waals surface area contributed by atoms with Crippen molar-refractivity contribution in [3.63, 3.8) is 0 Å². The minimum Gasteiger partial charge on any atom is -0.458 e. The molecule has 0 bridgehead atoms. The summed E-state index contributed by atoms with van der Waals surface area (Å²) in [5, 5.41) is 7.37. The maximum Gasteiger partial charge on any atom is 0.261 e. The first-order valence-corrected chi connectivity index (χ1v) is 15.9. The van der Waals surface area contributed by atoms with Gasteiger partial charge in [0.1, 0.15) is 11.5 Å². The van der Waals surface area contributed by atoms with E-state index in [-0.39, 0.29) is 6.71 Å². The number of hydrogen-bond donors (Lipinski definition) is 0. The highest BCUT2D eigenvalue weighted by molar-refractivity contribution is 7.02. The first-order chi connectivity index (χ1) is 22.9. The molecule has 0 spiro atoms. The van der Waals surface area contributed by atoms with E-state index in [1.54, 1.807) is 0 Å². The van der Waals surface area contributed by atoms with Crippen molar-refractivity contribution in [2.45, 2.75) is 0 Å². The molecule has 0 aliphatic carbocycles. The Hall–Kier alpha value is -6.00. The number of benzene rings is 8. The smallest absolute Gasteiger partial charge is 0.261 e. The summed E-state index contributed by atoms with van der Waals surface area (Å²) in [6.07, 6.45) is 0. The van der Waals surface area contributed by atoms with Crippen LogP contribution in [0.1, 0.15) is 0 Å². The summed E-state index contributed by atoms with van der Waals surface area (Å²) in [5.74, 6) is 1.90. The molecule has 46 heavy (non-hydrogen) atoms. The average Bonchev–Trinajstić information content (AvgIpc) is 3.12. The quantitative estimate of drug-likeness (QED) is 0.149. The van der Waals surface area contributed by atoms with Crippen LogP contribution in [0.15, 0.2) is 152 Å². The van der Waals surface area contributed by atoms with Crippen molar-refractivity contribution in [3.05, 3.63) is 152 Å². The van der Waals surface area contributed by atoms with Crippen LogP contribution in [0.3, 0.4) is 0 Å². The molecule has 0 aromatic heterocycles. The van der Waals surface area contributed by atoms with Crippen molar-refractivity contribution in [3.8, 4) is 11.5 Å². The SMILES string of the molecule is c1ccc(N2c3cccc4c3B3c5c2cccc5N(c2ccccc2)c2cc5c6ccccc6c6ccccc6c5c(c23)O4)cc1. The lowest BCUT2D eigenvalue weighted by Gasteiger charge is -2.46. The third-order valence-corrected chi connectivity index (χ3v) is 10.2. The molecule has 0 amide bonds. The maximum atomic E-state index is 7.23. The molecule has 0 radical (unpaired) electrons. The third kappa shape index (κ3) is 2.99. The maximum absolute atomic E-state index is 7.23. The minimum absolute atomic E-state index is 0.0331. The van der Waals surface area contributed by atoms with E-state index in [9.17, 15) is 0 Å². The van der Waals surface area contributed by atoms with Crippen LogP contribution in [0.4, 0.5) is 34.1 Å². The van der Waals surface area contributed by atoms with Crippen LogP contribution in [-0.4, -0.2) is 6.71 Å². The van der Waals surface area contributed by atoms with Crippen LogP contribution < -0.4 is 30.9 Å². The number of ether oxygens (including phenoxy) is 1. The highest BCUT2D eigenvalue weighted by Gasteiger charge is 2.49. The van der Waals surface area contributed by atoms with Crippen LogP contribution in [0.25, 0.3) is 32.3 Å². The highest BCUT2D eigenvalue weighted by Crippen LogP contribution is 2.51. The van der Waals surface area contributed by atoms with E-state index >= 15 is 0 Å². The Morgan fingerprint density at radius 2 is 0.891 bits per heavy atom. The van der Waals surface area contributed by atoms with Gasteiger partial charge in [-0.25, -0.2) is 0 Å². The molecule has 3 nitrogen and oxygen atoms in total. The van der Waals surface area contributed by atoms with Crippen LogP contribution in [-0.2, 0) is 0 Å². The molecule has 212 valence electrons. The van der Waals surface area contributed by atoms with E-state index in [1.165, 1.54) is 71.5 Å². The van der Waals surface area contributed by atoms with Crippen molar-refractivity contribution >= 4 is 89.5 Å². The second-order valence-electron chi connectivity index (χ2n) is 12.4. The van der Waals surface area contributed by atoms with Gasteiger partial charge in [0.05, 0.1) is 0 Å². The molecular weight excluding hydrogens is 559 g/mol. The molecule has 3 aliphatic heterocycles. The van der Waals surface area contributed by atoms with E-state index in [0.29, 0.717) is 0 Å². The summed E-state index contributed by atoms with van der Waals surface area (Å²) in [6.45, 7) is 0.0331. The monoisotopic (exact) mass is 584 g/mol. The summed E-state index contributed by atoms with van der Waals surface area (Å²) in [4.78, 5) is 4.88. The van der Waals surface area contributed by atoms with Gasteiger partial charge in [-0.3, -0.25) is 0 Å². The molecule has 3 aliphatic rings. The molecule has 8 aromatic carbocycles. The molecule has 0 unspecified atom stereocenters. The summed E-state index contributed by atoms with van der Waals surface area (Å²) >= 11 is 0. The molecule has 8 aromatic rings. The standard InChI is InChI=1S/C42H25BN2O/c1-3-13-26(14-4-1)44-33-21-11-22-34-39(33)43-40-35(44)23-12-24-37(40)46-42-38-31-20-10-9-18-29(31)28-17-7-8-19-30(28)32(38)25-36(41(42)43)45(34)27-15-5-2-6-16-27/h1-25H. The largest absolute Gasteiger partial charge is 0.458 e. The van der Waals surface area contributed by atoms with Gasteiger partial charge in [0.25, 0.3) is 6.71 Å². The van der Waals surface area contributed by atoms with E-state index in [2.05, 4.69) is 161 Å². The van der Waals surface area contributed by atoms with E-state index < -0.39 is 0 Å². The predicted molar refractivity (Wildman–Crippen MR) is 193 cm³/mol. The lowest BCUT2D eigenvalue weighted by molar-refractivity contribution is 0.493. The number of para-hydroxylation sites is 2. The normalized spacial score (nSPS) is 13.7. The Balaban J connectivity index is 1.35. The van der Waals surface area contributed by atoms with Crippen LogP contribution >= 0.6 is 0 Å². The van der Waals surface area contributed by atoms with Gasteiger partial charge in [-0.05, 0) is 97.9 Å². The first-order valence-electron chi connectivity index (χ1n) is 15.9. The van der Waals surface area contributed by atoms with Crippen LogP contribution in [0, 0.1) is 0 Å². The Bertz CT molecular complexity index is 2580. The Labute approximate surface area is 266 Å². The van der Waals surface area contributed by atoms with Gasteiger partial charge in [-0.15, -0.1) is 0 Å². The van der Waals surface area contributed by atoms with Gasteiger partial charge in [-0.1, -0.05) is 97.1 Å². The van der Waals surface area contributed by atoms with Crippen molar-refractivity contribution in [1.82, 2.24) is 0 Å². The Kier molecular flexibility index (Phi) is 4.66. The van der Waals surface area contributed by atoms with Gasteiger partial charge in [0.15, 0.2) is 0 Å². The zero-order chi connectivity index (χ0) is 29.9. The number of rotatable bonds is 2. The topological polar surface area (TPSA) is 15.7 Å². The molecule has 0 saturated carbocycles. The van der Waals surface area contributed by atoms with Gasteiger partial charge in [0.2, 0.25) is 0 Å². The summed E-state index contributed by atoms with van der Waals surface area (Å²) in [6, 6.07) is 54.9. The third-order valence-electron chi connectivity index (χ3n) is 10.2. The molecular formula is C42H25BN2O. The Morgan fingerprint density at radius 1 is 0.391 bits per heavy atom. The lowest BCUT2D eigenvalue weighted by Crippen LogP contribution is -2.63. The molecule has 0 atom stereocenters. The summed E-state index contributed by atoms with van der Waals surface area (Å²) in [7, 11) is 0. The molecule has 0 N–H and O–H groups in total. The summed E-state index contributed by atoms with van der Waals surface area (Å²) < 4.78 is 7.23. The van der Waals surface area contributed by atoms with Crippen molar-refractivity contribution in [2.24, 2.45) is 0 Å². The van der Waals surface area contributed by atoms with E-state index in [0.717, 1.165) is 22.9 Å². The van der Waals surface area contributed by atoms with Crippen molar-refractivity contribution in [1.29, 1.82) is 0 Å². The highest BCUT2D eigenvalue weighted by atomic mass is 16.5. The van der Waals surface area contributed by atoms with Crippen molar-refractivity contribution in [2.75, 3.05) is 9.80 Å². The predicted octanol–water partition coefficient (Wildman–Crippen LogP) is 9.33. The van der Waals surface area contributed by atoms with Gasteiger partial charge in [-0.2, -0.15) is 0 Å². The fraction of sp³-hybridized carbons (Fsp3) is 0. The Morgan fingerprint density at radius 3 is 1.54 bits per heavy atom. The van der Waals surface area contributed by atoms with Crippen LogP contribution in [0.2, 0.25) is 0 Å². The molecule has 0 fully saturated rings. The minimum atomic E-state index is 0.0331. The summed E-state index contributed by atoms with van der Waals surface area (Å²) in [5.41, 5.74) is 10.8. The van der Waals surface area contributed by atoms with Crippen molar-refractivity contribution < 1.29 is 4.74 Å². The average molecular weight is 584 g/mol. The molecule has 0 saturated heterocycles. The first kappa shape index (κ1) is 24.3. The molecule has 3 heterocycles. The second-order valence-corrected chi connectivity index (χ2v) is 12.4. The van der Waals surface area contributed by atoms with Gasteiger partial charge in [0, 0.05) is 39.5 Å². The lowest BCUT2D eigenvalue weighted by atomic mass is 9.32. The number of anilines is 6. The van der Waals surface area contributed by atoms with E-state index in [1.807, 2.05) is 0 Å². The van der Waals surface area contributed by atoms with Crippen LogP contribution in [0.5, 0.6) is 11.5 Å². The zero-order valence-corrected chi connectivity index (χ0v) is 24.8. The fourth-order valence-electron chi connectivity index (χ4n) is 8.45. The van der Waals surface area contributed by atoms with Gasteiger partial charge >= 0.3 is 0 Å². The fourth-order valence-corrected chi connectivity index (χ4v) is 8.45. The molecule has 11 rings (SSSR count). The molecule has 4 heteroatoms.